The molecule has 124 valence electrons. The highest BCUT2D eigenvalue weighted by Crippen LogP contribution is 2.36. The summed E-state index contributed by atoms with van der Waals surface area (Å²) in [4.78, 5) is 13.4. The standard InChI is InChI=1S/C16H22F3NO2/c1-11(9-14(21)20(4)10-15(2,3)22)12-7-5-6-8-13(12)16(17,18)19/h5-8,11,22H,9-10H2,1-4H3. The number of hydrogen-bond acceptors (Lipinski definition) is 2. The first-order chi connectivity index (χ1) is 9.92. The van der Waals surface area contributed by atoms with Crippen molar-refractivity contribution in [3.63, 3.8) is 0 Å². The topological polar surface area (TPSA) is 40.5 Å². The maximum atomic E-state index is 13.0. The largest absolute Gasteiger partial charge is 0.416 e. The molecule has 0 saturated heterocycles. The lowest BCUT2D eigenvalue weighted by molar-refractivity contribution is -0.139. The first kappa shape index (κ1) is 18.5. The van der Waals surface area contributed by atoms with Crippen LogP contribution in [0.15, 0.2) is 24.3 Å². The lowest BCUT2D eigenvalue weighted by Gasteiger charge is -2.27. The van der Waals surface area contributed by atoms with Gasteiger partial charge in [-0.1, -0.05) is 25.1 Å². The summed E-state index contributed by atoms with van der Waals surface area (Å²) in [5.41, 5.74) is -1.64. The fraction of sp³-hybridized carbons (Fsp3) is 0.562. The molecular weight excluding hydrogens is 295 g/mol. The Labute approximate surface area is 128 Å². The molecule has 1 amide bonds. The van der Waals surface area contributed by atoms with E-state index >= 15 is 0 Å². The first-order valence-electron chi connectivity index (χ1n) is 7.04. The van der Waals surface area contributed by atoms with Crippen LogP contribution < -0.4 is 0 Å². The predicted molar refractivity (Wildman–Crippen MR) is 78.4 cm³/mol. The van der Waals surface area contributed by atoms with E-state index in [-0.39, 0.29) is 24.4 Å². The molecule has 1 atom stereocenters. The normalized spacial score (nSPS) is 13.8. The zero-order chi connectivity index (χ0) is 17.1. The molecule has 1 unspecified atom stereocenters. The first-order valence-corrected chi connectivity index (χ1v) is 7.04. The molecule has 0 bridgehead atoms. The molecule has 0 aliphatic heterocycles. The van der Waals surface area contributed by atoms with Crippen LogP contribution in [0.4, 0.5) is 13.2 Å². The highest BCUT2D eigenvalue weighted by atomic mass is 19.4. The average Bonchev–Trinajstić information content (AvgIpc) is 2.35. The molecule has 0 spiro atoms. The Morgan fingerprint density at radius 3 is 2.32 bits per heavy atom. The van der Waals surface area contributed by atoms with Gasteiger partial charge < -0.3 is 10.0 Å². The lowest BCUT2D eigenvalue weighted by atomic mass is 9.92. The second-order valence-electron chi connectivity index (χ2n) is 6.25. The molecule has 22 heavy (non-hydrogen) atoms. The van der Waals surface area contributed by atoms with E-state index in [9.17, 15) is 23.1 Å². The van der Waals surface area contributed by atoms with Crippen molar-refractivity contribution in [2.45, 2.75) is 44.9 Å². The van der Waals surface area contributed by atoms with Gasteiger partial charge in [0.1, 0.15) is 0 Å². The van der Waals surface area contributed by atoms with E-state index < -0.39 is 23.3 Å². The van der Waals surface area contributed by atoms with Crippen molar-refractivity contribution in [2.24, 2.45) is 0 Å². The Bertz CT molecular complexity index is 521. The number of rotatable bonds is 5. The van der Waals surface area contributed by atoms with Crippen LogP contribution in [0.1, 0.15) is 44.2 Å². The summed E-state index contributed by atoms with van der Waals surface area (Å²) in [7, 11) is 1.53. The van der Waals surface area contributed by atoms with Crippen LogP contribution >= 0.6 is 0 Å². The van der Waals surface area contributed by atoms with Crippen LogP contribution in [0, 0.1) is 0 Å². The van der Waals surface area contributed by atoms with Crippen LogP contribution in [-0.2, 0) is 11.0 Å². The molecule has 3 nitrogen and oxygen atoms in total. The summed E-state index contributed by atoms with van der Waals surface area (Å²) in [6.07, 6.45) is -4.48. The molecule has 6 heteroatoms. The van der Waals surface area contributed by atoms with Crippen molar-refractivity contribution >= 4 is 5.91 Å². The molecule has 0 fully saturated rings. The third kappa shape index (κ3) is 5.33. The number of hydrogen-bond donors (Lipinski definition) is 1. The number of carbonyl (C=O) groups is 1. The van der Waals surface area contributed by atoms with E-state index in [1.165, 1.54) is 30.1 Å². The number of nitrogens with zero attached hydrogens (tertiary/aromatic N) is 1. The minimum atomic E-state index is -4.44. The number of aliphatic hydroxyl groups is 1. The number of carbonyl (C=O) groups excluding carboxylic acids is 1. The Morgan fingerprint density at radius 1 is 1.27 bits per heavy atom. The summed E-state index contributed by atoms with van der Waals surface area (Å²) in [5, 5.41) is 9.70. The van der Waals surface area contributed by atoms with Crippen molar-refractivity contribution in [1.82, 2.24) is 4.90 Å². The molecular formula is C16H22F3NO2. The second-order valence-corrected chi connectivity index (χ2v) is 6.25. The second kappa shape index (κ2) is 6.69. The van der Waals surface area contributed by atoms with Gasteiger partial charge in [-0.25, -0.2) is 0 Å². The quantitative estimate of drug-likeness (QED) is 0.904. The molecule has 0 radical (unpaired) electrons. The van der Waals surface area contributed by atoms with Gasteiger partial charge in [0.05, 0.1) is 11.2 Å². The van der Waals surface area contributed by atoms with Crippen LogP contribution in [0.3, 0.4) is 0 Å². The summed E-state index contributed by atoms with van der Waals surface area (Å²) in [6.45, 7) is 4.86. The van der Waals surface area contributed by atoms with Crippen molar-refractivity contribution in [2.75, 3.05) is 13.6 Å². The molecule has 0 aliphatic carbocycles. The zero-order valence-electron chi connectivity index (χ0n) is 13.2. The highest BCUT2D eigenvalue weighted by Gasteiger charge is 2.34. The van der Waals surface area contributed by atoms with Gasteiger partial charge in [0.15, 0.2) is 0 Å². The van der Waals surface area contributed by atoms with Gasteiger partial charge in [-0.2, -0.15) is 13.2 Å². The molecule has 1 rings (SSSR count). The number of likely N-dealkylation sites (N-methyl/N-ethyl adjacent to an activating group) is 1. The predicted octanol–water partition coefficient (Wildman–Crippen LogP) is 3.43. The number of benzene rings is 1. The van der Waals surface area contributed by atoms with Gasteiger partial charge >= 0.3 is 6.18 Å². The fourth-order valence-corrected chi connectivity index (χ4v) is 2.38. The Morgan fingerprint density at radius 2 is 1.82 bits per heavy atom. The maximum absolute atomic E-state index is 13.0. The summed E-state index contributed by atoms with van der Waals surface area (Å²) in [5.74, 6) is -0.860. The van der Waals surface area contributed by atoms with Crippen molar-refractivity contribution in [3.8, 4) is 0 Å². The molecule has 1 aromatic carbocycles. The minimum Gasteiger partial charge on any atom is -0.389 e. The maximum Gasteiger partial charge on any atom is 0.416 e. The van der Waals surface area contributed by atoms with Gasteiger partial charge in [-0.05, 0) is 31.4 Å². The Hall–Kier alpha value is -1.56. The molecule has 1 N–H and O–H groups in total. The van der Waals surface area contributed by atoms with E-state index in [0.717, 1.165) is 6.07 Å². The fourth-order valence-electron chi connectivity index (χ4n) is 2.38. The summed E-state index contributed by atoms with van der Waals surface area (Å²) < 4.78 is 39.0. The van der Waals surface area contributed by atoms with Crippen LogP contribution in [-0.4, -0.2) is 35.1 Å². The molecule has 0 heterocycles. The molecule has 1 aromatic rings. The van der Waals surface area contributed by atoms with E-state index in [2.05, 4.69) is 0 Å². The lowest BCUT2D eigenvalue weighted by Crippen LogP contribution is -2.40. The Kier molecular flexibility index (Phi) is 5.62. The third-order valence-corrected chi connectivity index (χ3v) is 3.33. The van der Waals surface area contributed by atoms with Crippen LogP contribution in [0.5, 0.6) is 0 Å². The van der Waals surface area contributed by atoms with Crippen molar-refractivity contribution < 1.29 is 23.1 Å². The van der Waals surface area contributed by atoms with E-state index in [0.29, 0.717) is 0 Å². The van der Waals surface area contributed by atoms with Gasteiger partial charge in [-0.3, -0.25) is 4.79 Å². The summed E-state index contributed by atoms with van der Waals surface area (Å²) >= 11 is 0. The number of alkyl halides is 3. The minimum absolute atomic E-state index is 0.0420. The van der Waals surface area contributed by atoms with Crippen LogP contribution in [0.25, 0.3) is 0 Å². The zero-order valence-corrected chi connectivity index (χ0v) is 13.2. The SMILES string of the molecule is CC(CC(=O)N(C)CC(C)(C)O)c1ccccc1C(F)(F)F. The average molecular weight is 317 g/mol. The van der Waals surface area contributed by atoms with Gasteiger partial charge in [0.2, 0.25) is 5.91 Å². The summed E-state index contributed by atoms with van der Waals surface area (Å²) in [6, 6.07) is 5.29. The molecule has 0 aliphatic rings. The van der Waals surface area contributed by atoms with E-state index in [1.807, 2.05) is 0 Å². The van der Waals surface area contributed by atoms with Crippen LogP contribution in [0.2, 0.25) is 0 Å². The Balaban J connectivity index is 2.86. The molecule has 0 aromatic heterocycles. The van der Waals surface area contributed by atoms with Crippen molar-refractivity contribution in [1.29, 1.82) is 0 Å². The van der Waals surface area contributed by atoms with Crippen molar-refractivity contribution in [3.05, 3.63) is 35.4 Å². The van der Waals surface area contributed by atoms with E-state index in [4.69, 9.17) is 0 Å². The van der Waals surface area contributed by atoms with Gasteiger partial charge in [-0.15, -0.1) is 0 Å². The highest BCUT2D eigenvalue weighted by molar-refractivity contribution is 5.77. The third-order valence-electron chi connectivity index (χ3n) is 3.33. The van der Waals surface area contributed by atoms with Gasteiger partial charge in [0.25, 0.3) is 0 Å². The van der Waals surface area contributed by atoms with E-state index in [1.54, 1.807) is 20.8 Å². The monoisotopic (exact) mass is 317 g/mol. The molecule has 0 saturated carbocycles. The smallest absolute Gasteiger partial charge is 0.389 e. The van der Waals surface area contributed by atoms with Gasteiger partial charge in [0, 0.05) is 20.0 Å². The number of halogens is 3. The number of amides is 1.